The number of hydrogen-bond acceptors (Lipinski definition) is 3. The largest absolute Gasteiger partial charge is 0.464 e. The van der Waals surface area contributed by atoms with Gasteiger partial charge in [0.2, 0.25) is 0 Å². The maximum absolute atomic E-state index is 13.1. The smallest absolute Gasteiger partial charge is 0.254 e. The summed E-state index contributed by atoms with van der Waals surface area (Å²) in [5, 5.41) is 0.915. The van der Waals surface area contributed by atoms with Gasteiger partial charge in [-0.1, -0.05) is 36.4 Å². The van der Waals surface area contributed by atoms with Gasteiger partial charge in [0.1, 0.15) is 5.58 Å². The lowest BCUT2D eigenvalue weighted by atomic mass is 9.86. The fourth-order valence-corrected chi connectivity index (χ4v) is 4.71. The van der Waals surface area contributed by atoms with Crippen LogP contribution in [0.1, 0.15) is 34.7 Å². The van der Waals surface area contributed by atoms with Crippen molar-refractivity contribution < 1.29 is 9.21 Å². The normalized spacial score (nSPS) is 23.3. The van der Waals surface area contributed by atoms with E-state index in [0.29, 0.717) is 12.0 Å². The third-order valence-corrected chi connectivity index (χ3v) is 6.19. The Morgan fingerprint density at radius 3 is 2.70 bits per heavy atom. The van der Waals surface area contributed by atoms with Crippen LogP contribution in [0.5, 0.6) is 0 Å². The van der Waals surface area contributed by atoms with E-state index in [9.17, 15) is 4.79 Å². The lowest BCUT2D eigenvalue weighted by Crippen LogP contribution is -2.57. The van der Waals surface area contributed by atoms with E-state index in [0.717, 1.165) is 49.1 Å². The number of fused-ring (bicyclic) bond motifs is 2. The van der Waals surface area contributed by atoms with Crippen LogP contribution in [-0.2, 0) is 0 Å². The van der Waals surface area contributed by atoms with Crippen molar-refractivity contribution in [3.63, 3.8) is 0 Å². The number of furan rings is 1. The molecule has 1 aromatic heterocycles. The molecule has 27 heavy (non-hydrogen) atoms. The summed E-state index contributed by atoms with van der Waals surface area (Å²) in [5.41, 5.74) is 2.98. The Kier molecular flexibility index (Phi) is 4.21. The maximum Gasteiger partial charge on any atom is 0.254 e. The Balaban J connectivity index is 1.30. The summed E-state index contributed by atoms with van der Waals surface area (Å²) < 4.78 is 5.46. The molecule has 2 atom stereocenters. The van der Waals surface area contributed by atoms with E-state index < -0.39 is 0 Å². The molecule has 3 aromatic rings. The molecule has 138 valence electrons. The molecular formula is C23H24N2O2. The third-order valence-electron chi connectivity index (χ3n) is 6.19. The summed E-state index contributed by atoms with van der Waals surface area (Å²) in [4.78, 5) is 17.8. The molecule has 4 nitrogen and oxygen atoms in total. The highest BCUT2D eigenvalue weighted by atomic mass is 16.3. The number of hydrogen-bond donors (Lipinski definition) is 0. The van der Waals surface area contributed by atoms with Gasteiger partial charge in [-0.25, -0.2) is 0 Å². The molecular weight excluding hydrogens is 336 g/mol. The molecule has 2 aliphatic heterocycles. The third kappa shape index (κ3) is 3.04. The fourth-order valence-electron chi connectivity index (χ4n) is 4.71. The number of carbonyl (C=O) groups excluding carboxylic acids is 1. The quantitative estimate of drug-likeness (QED) is 0.689. The van der Waals surface area contributed by atoms with E-state index in [4.69, 9.17) is 4.42 Å². The summed E-state index contributed by atoms with van der Waals surface area (Å²) in [5.74, 6) is 0.746. The van der Waals surface area contributed by atoms with Gasteiger partial charge in [-0.15, -0.1) is 0 Å². The lowest BCUT2D eigenvalue weighted by Gasteiger charge is -2.46. The molecule has 0 aliphatic carbocycles. The summed E-state index contributed by atoms with van der Waals surface area (Å²) >= 11 is 0. The SMILES string of the molecule is O=C(c1cccc2occc12)N1CCN2C[C@@H](c3ccccc3)CC[C@@H]2C1. The van der Waals surface area contributed by atoms with Gasteiger partial charge in [-0.3, -0.25) is 9.69 Å². The molecule has 0 spiro atoms. The number of piperazine rings is 1. The van der Waals surface area contributed by atoms with Crippen LogP contribution >= 0.6 is 0 Å². The van der Waals surface area contributed by atoms with Crippen LogP contribution in [0, 0.1) is 0 Å². The highest BCUT2D eigenvalue weighted by Crippen LogP contribution is 2.32. The topological polar surface area (TPSA) is 36.7 Å². The first kappa shape index (κ1) is 16.6. The predicted octanol–water partition coefficient (Wildman–Crippen LogP) is 4.14. The molecule has 4 heteroatoms. The fraction of sp³-hybridized carbons (Fsp3) is 0.348. The van der Waals surface area contributed by atoms with E-state index in [-0.39, 0.29) is 5.91 Å². The zero-order valence-electron chi connectivity index (χ0n) is 15.4. The van der Waals surface area contributed by atoms with Gasteiger partial charge in [-0.2, -0.15) is 0 Å². The second kappa shape index (κ2) is 6.86. The van der Waals surface area contributed by atoms with Crippen molar-refractivity contribution in [2.75, 3.05) is 26.2 Å². The van der Waals surface area contributed by atoms with Crippen molar-refractivity contribution in [2.45, 2.75) is 24.8 Å². The van der Waals surface area contributed by atoms with Crippen LogP contribution in [0.25, 0.3) is 11.0 Å². The molecule has 3 heterocycles. The van der Waals surface area contributed by atoms with E-state index in [1.165, 1.54) is 12.0 Å². The number of carbonyl (C=O) groups is 1. The van der Waals surface area contributed by atoms with E-state index in [1.807, 2.05) is 29.2 Å². The highest BCUT2D eigenvalue weighted by Gasteiger charge is 2.35. The molecule has 5 rings (SSSR count). The highest BCUT2D eigenvalue weighted by molar-refractivity contribution is 6.05. The summed E-state index contributed by atoms with van der Waals surface area (Å²) in [7, 11) is 0. The second-order valence-corrected chi connectivity index (χ2v) is 7.72. The molecule has 1 amide bonds. The number of nitrogens with zero attached hydrogens (tertiary/aromatic N) is 2. The van der Waals surface area contributed by atoms with E-state index in [2.05, 4.69) is 35.2 Å². The Bertz CT molecular complexity index is 949. The van der Waals surface area contributed by atoms with Crippen LogP contribution in [0.15, 0.2) is 65.3 Å². The monoisotopic (exact) mass is 360 g/mol. The Morgan fingerprint density at radius 2 is 1.81 bits per heavy atom. The number of benzene rings is 2. The van der Waals surface area contributed by atoms with Crippen LogP contribution in [0.2, 0.25) is 0 Å². The minimum atomic E-state index is 0.131. The molecule has 2 aliphatic rings. The van der Waals surface area contributed by atoms with E-state index >= 15 is 0 Å². The number of rotatable bonds is 2. The van der Waals surface area contributed by atoms with E-state index in [1.54, 1.807) is 6.26 Å². The van der Waals surface area contributed by atoms with Gasteiger partial charge in [0.05, 0.1) is 11.8 Å². The van der Waals surface area contributed by atoms with Gasteiger partial charge < -0.3 is 9.32 Å². The maximum atomic E-state index is 13.1. The second-order valence-electron chi connectivity index (χ2n) is 7.72. The molecule has 0 unspecified atom stereocenters. The Labute approximate surface area is 159 Å². The first-order chi connectivity index (χ1) is 13.3. The summed E-state index contributed by atoms with van der Waals surface area (Å²) in [6, 6.07) is 18.9. The molecule has 0 N–H and O–H groups in total. The van der Waals surface area contributed by atoms with Crippen molar-refractivity contribution in [3.8, 4) is 0 Å². The summed E-state index contributed by atoms with van der Waals surface area (Å²) in [6.07, 6.45) is 4.01. The average molecular weight is 360 g/mol. The molecule has 2 fully saturated rings. The first-order valence-electron chi connectivity index (χ1n) is 9.84. The van der Waals surface area contributed by atoms with Crippen molar-refractivity contribution in [2.24, 2.45) is 0 Å². The van der Waals surface area contributed by atoms with Crippen LogP contribution in [-0.4, -0.2) is 47.9 Å². The van der Waals surface area contributed by atoms with Gasteiger partial charge in [0.15, 0.2) is 0 Å². The van der Waals surface area contributed by atoms with Crippen molar-refractivity contribution in [1.29, 1.82) is 0 Å². The number of piperidine rings is 1. The van der Waals surface area contributed by atoms with Gasteiger partial charge >= 0.3 is 0 Å². The Hall–Kier alpha value is -2.59. The molecule has 0 bridgehead atoms. The number of amides is 1. The minimum Gasteiger partial charge on any atom is -0.464 e. The zero-order valence-corrected chi connectivity index (χ0v) is 15.4. The van der Waals surface area contributed by atoms with Crippen molar-refractivity contribution in [1.82, 2.24) is 9.80 Å². The lowest BCUT2D eigenvalue weighted by molar-refractivity contribution is 0.0330. The average Bonchev–Trinajstić information content (AvgIpc) is 3.22. The Morgan fingerprint density at radius 1 is 0.926 bits per heavy atom. The van der Waals surface area contributed by atoms with Crippen LogP contribution in [0.4, 0.5) is 0 Å². The van der Waals surface area contributed by atoms with Gasteiger partial charge in [-0.05, 0) is 42.5 Å². The van der Waals surface area contributed by atoms with Crippen molar-refractivity contribution in [3.05, 3.63) is 72.0 Å². The molecule has 0 radical (unpaired) electrons. The first-order valence-corrected chi connectivity index (χ1v) is 9.84. The van der Waals surface area contributed by atoms with Gasteiger partial charge in [0, 0.05) is 37.6 Å². The standard InChI is InChI=1S/C23H24N2O2/c26-23(21-7-4-8-22-20(21)11-14-27-22)25-13-12-24-15-18(9-10-19(24)16-25)17-5-2-1-3-6-17/h1-8,11,14,18-19H,9-10,12-13,15-16H2/t18-,19+/m0/s1. The molecule has 2 saturated heterocycles. The van der Waals surface area contributed by atoms with Gasteiger partial charge in [0.25, 0.3) is 5.91 Å². The van der Waals surface area contributed by atoms with Crippen LogP contribution in [0.3, 0.4) is 0 Å². The van der Waals surface area contributed by atoms with Crippen LogP contribution < -0.4 is 0 Å². The summed E-state index contributed by atoms with van der Waals surface area (Å²) in [6.45, 7) is 3.69. The van der Waals surface area contributed by atoms with Crippen molar-refractivity contribution >= 4 is 16.9 Å². The molecule has 2 aromatic carbocycles. The molecule has 0 saturated carbocycles. The minimum absolute atomic E-state index is 0.131. The predicted molar refractivity (Wildman–Crippen MR) is 106 cm³/mol. The zero-order chi connectivity index (χ0) is 18.2.